The van der Waals surface area contributed by atoms with E-state index in [-0.39, 0.29) is 41.2 Å². The van der Waals surface area contributed by atoms with Gasteiger partial charge >= 0.3 is 0 Å². The van der Waals surface area contributed by atoms with E-state index < -0.39 is 23.5 Å². The molecule has 1 aliphatic heterocycles. The fourth-order valence-corrected chi connectivity index (χ4v) is 6.40. The van der Waals surface area contributed by atoms with E-state index in [9.17, 15) is 19.2 Å². The van der Waals surface area contributed by atoms with E-state index in [1.807, 2.05) is 52.0 Å². The molecule has 39 heavy (non-hydrogen) atoms. The third-order valence-corrected chi connectivity index (χ3v) is 9.33. The number of benzene rings is 1. The fraction of sp³-hybridized carbons (Fsp3) is 0.600. The Kier molecular flexibility index (Phi) is 8.74. The van der Waals surface area contributed by atoms with Crippen molar-refractivity contribution in [1.29, 1.82) is 0 Å². The monoisotopic (exact) mass is 556 g/mol. The molecule has 4 rings (SSSR count). The number of hydrogen-bond acceptors (Lipinski definition) is 4. The SMILES string of the molecule is Cc1cccc2[nH]c(C(=O)NC(C(=O)N3C[C@@H](C)C(C)(C)[C@H]3C(=O)NC(C)C(=O)CCl)C3CCCCC3)cc12. The Balaban J connectivity index is 1.63. The van der Waals surface area contributed by atoms with Crippen LogP contribution in [0.25, 0.3) is 10.9 Å². The maximum atomic E-state index is 14.3. The number of amides is 3. The van der Waals surface area contributed by atoms with Crippen molar-refractivity contribution >= 4 is 46.0 Å². The maximum absolute atomic E-state index is 14.3. The number of ketones is 1. The topological polar surface area (TPSA) is 111 Å². The zero-order chi connectivity index (χ0) is 28.5. The number of hydrogen-bond donors (Lipinski definition) is 3. The van der Waals surface area contributed by atoms with Crippen LogP contribution in [0.15, 0.2) is 24.3 Å². The van der Waals surface area contributed by atoms with Gasteiger partial charge in [0.15, 0.2) is 5.78 Å². The van der Waals surface area contributed by atoms with Crippen LogP contribution < -0.4 is 10.6 Å². The quantitative estimate of drug-likeness (QED) is 0.420. The number of H-pyrrole nitrogens is 1. The number of rotatable bonds is 8. The van der Waals surface area contributed by atoms with Gasteiger partial charge in [0.05, 0.1) is 11.9 Å². The summed E-state index contributed by atoms with van der Waals surface area (Å²) in [6.07, 6.45) is 4.79. The van der Waals surface area contributed by atoms with E-state index in [0.29, 0.717) is 12.2 Å². The standard InChI is InChI=1S/C30H41ClN4O4/c1-17-10-9-13-22-21(17)14-23(33-22)27(37)34-25(20-11-7-6-8-12-20)29(39)35-16-18(2)30(4,5)26(35)28(38)32-19(3)24(36)15-31/h9-10,13-14,18-20,25-26,33H,6-8,11-12,15-16H2,1-5H3,(H,32,38)(H,34,37)/t18-,19?,25?,26-/m1/s1. The summed E-state index contributed by atoms with van der Waals surface area (Å²) in [5.74, 6) is -1.40. The van der Waals surface area contributed by atoms with Crippen molar-refractivity contribution < 1.29 is 19.2 Å². The van der Waals surface area contributed by atoms with Crippen molar-refractivity contribution in [3.63, 3.8) is 0 Å². The highest BCUT2D eigenvalue weighted by atomic mass is 35.5. The average Bonchev–Trinajstić information content (AvgIpc) is 3.46. The van der Waals surface area contributed by atoms with Crippen LogP contribution in [0.5, 0.6) is 0 Å². The molecule has 0 bridgehead atoms. The second kappa shape index (κ2) is 11.7. The lowest BCUT2D eigenvalue weighted by Gasteiger charge is -2.37. The van der Waals surface area contributed by atoms with Gasteiger partial charge in [0, 0.05) is 17.4 Å². The van der Waals surface area contributed by atoms with Crippen molar-refractivity contribution in [1.82, 2.24) is 20.5 Å². The van der Waals surface area contributed by atoms with Crippen molar-refractivity contribution in [2.45, 2.75) is 84.8 Å². The Morgan fingerprint density at radius 1 is 1.13 bits per heavy atom. The van der Waals surface area contributed by atoms with Crippen LogP contribution in [0.2, 0.25) is 0 Å². The molecule has 1 aliphatic carbocycles. The van der Waals surface area contributed by atoms with Crippen molar-refractivity contribution in [3.05, 3.63) is 35.5 Å². The number of nitrogens with zero attached hydrogens (tertiary/aromatic N) is 1. The van der Waals surface area contributed by atoms with Crippen LogP contribution in [0, 0.1) is 24.2 Å². The molecule has 9 heteroatoms. The lowest BCUT2D eigenvalue weighted by Crippen LogP contribution is -2.59. The van der Waals surface area contributed by atoms with E-state index in [4.69, 9.17) is 11.6 Å². The first kappa shape index (κ1) is 29.1. The first-order chi connectivity index (χ1) is 18.4. The minimum Gasteiger partial charge on any atom is -0.351 e. The molecule has 1 aromatic heterocycles. The number of nitrogens with one attached hydrogen (secondary N) is 3. The Labute approximate surface area is 235 Å². The molecule has 1 saturated carbocycles. The molecule has 8 nitrogen and oxygen atoms in total. The van der Waals surface area contributed by atoms with Gasteiger partial charge in [-0.05, 0) is 61.6 Å². The summed E-state index contributed by atoms with van der Waals surface area (Å²) in [5, 5.41) is 6.81. The highest BCUT2D eigenvalue weighted by Gasteiger charge is 2.53. The summed E-state index contributed by atoms with van der Waals surface area (Å²) >= 11 is 5.70. The zero-order valence-electron chi connectivity index (χ0n) is 23.6. The molecule has 2 fully saturated rings. The van der Waals surface area contributed by atoms with Gasteiger partial charge < -0.3 is 20.5 Å². The second-order valence-electron chi connectivity index (χ2n) is 12.0. The van der Waals surface area contributed by atoms with Gasteiger partial charge in [-0.1, -0.05) is 52.2 Å². The summed E-state index contributed by atoms with van der Waals surface area (Å²) < 4.78 is 0. The molecule has 2 unspecified atom stereocenters. The molecule has 3 amide bonds. The zero-order valence-corrected chi connectivity index (χ0v) is 24.4. The van der Waals surface area contributed by atoms with Crippen LogP contribution >= 0.6 is 11.6 Å². The summed E-state index contributed by atoms with van der Waals surface area (Å²) in [6.45, 7) is 9.98. The maximum Gasteiger partial charge on any atom is 0.268 e. The minimum absolute atomic E-state index is 0.0132. The summed E-state index contributed by atoms with van der Waals surface area (Å²) in [7, 11) is 0. The molecule has 0 radical (unpaired) electrons. The molecule has 212 valence electrons. The van der Waals surface area contributed by atoms with Gasteiger partial charge in [-0.15, -0.1) is 11.6 Å². The number of likely N-dealkylation sites (tertiary alicyclic amines) is 1. The van der Waals surface area contributed by atoms with E-state index >= 15 is 0 Å². The predicted octanol–water partition coefficient (Wildman–Crippen LogP) is 4.34. The third-order valence-electron chi connectivity index (χ3n) is 9.06. The van der Waals surface area contributed by atoms with E-state index in [2.05, 4.69) is 15.6 Å². The van der Waals surface area contributed by atoms with Crippen LogP contribution in [0.4, 0.5) is 0 Å². The molecule has 2 heterocycles. The average molecular weight is 557 g/mol. The number of aromatic amines is 1. The number of carbonyl (C=O) groups is 4. The minimum atomic E-state index is -0.774. The van der Waals surface area contributed by atoms with Gasteiger partial charge in [-0.3, -0.25) is 19.2 Å². The van der Waals surface area contributed by atoms with Gasteiger partial charge in [0.25, 0.3) is 5.91 Å². The molecule has 1 aromatic carbocycles. The lowest BCUT2D eigenvalue weighted by molar-refractivity contribution is -0.143. The number of aryl methyl sites for hydroxylation is 1. The predicted molar refractivity (Wildman–Crippen MR) is 153 cm³/mol. The van der Waals surface area contributed by atoms with Gasteiger partial charge in [0.2, 0.25) is 11.8 Å². The van der Waals surface area contributed by atoms with Crippen LogP contribution in [0.3, 0.4) is 0 Å². The van der Waals surface area contributed by atoms with Crippen molar-refractivity contribution in [2.75, 3.05) is 12.4 Å². The number of Topliss-reactive ketones (excluding diaryl/α,β-unsaturated/α-hetero) is 1. The number of alkyl halides is 1. The Bertz CT molecular complexity index is 1250. The van der Waals surface area contributed by atoms with Crippen LogP contribution in [-0.4, -0.2) is 63.9 Å². The number of halogens is 1. The summed E-state index contributed by atoms with van der Waals surface area (Å²) in [5.41, 5.74) is 1.81. The van der Waals surface area contributed by atoms with Crippen LogP contribution in [-0.2, 0) is 14.4 Å². The molecular formula is C30H41ClN4O4. The largest absolute Gasteiger partial charge is 0.351 e. The number of aromatic nitrogens is 1. The molecule has 4 atom stereocenters. The summed E-state index contributed by atoms with van der Waals surface area (Å²) in [6, 6.07) is 5.42. The number of fused-ring (bicyclic) bond motifs is 1. The highest BCUT2D eigenvalue weighted by molar-refractivity contribution is 6.28. The first-order valence-corrected chi connectivity index (χ1v) is 14.6. The Hall–Kier alpha value is -2.87. The third kappa shape index (κ3) is 5.86. The smallest absolute Gasteiger partial charge is 0.268 e. The normalized spacial score (nSPS) is 22.9. The van der Waals surface area contributed by atoms with E-state index in [0.717, 1.165) is 48.6 Å². The molecule has 1 saturated heterocycles. The van der Waals surface area contributed by atoms with Crippen molar-refractivity contribution in [3.8, 4) is 0 Å². The van der Waals surface area contributed by atoms with Gasteiger partial charge in [-0.2, -0.15) is 0 Å². The number of carbonyl (C=O) groups excluding carboxylic acids is 4. The van der Waals surface area contributed by atoms with Gasteiger partial charge in [-0.25, -0.2) is 0 Å². The highest BCUT2D eigenvalue weighted by Crippen LogP contribution is 2.42. The first-order valence-electron chi connectivity index (χ1n) is 14.0. The molecule has 3 N–H and O–H groups in total. The second-order valence-corrected chi connectivity index (χ2v) is 12.3. The Morgan fingerprint density at radius 3 is 2.46 bits per heavy atom. The van der Waals surface area contributed by atoms with Gasteiger partial charge in [0.1, 0.15) is 17.8 Å². The molecular weight excluding hydrogens is 516 g/mol. The molecule has 2 aliphatic rings. The molecule has 0 spiro atoms. The van der Waals surface area contributed by atoms with Crippen LogP contribution in [0.1, 0.15) is 75.9 Å². The van der Waals surface area contributed by atoms with Crippen molar-refractivity contribution in [2.24, 2.45) is 17.3 Å². The fourth-order valence-electron chi connectivity index (χ4n) is 6.17. The molecule has 2 aromatic rings. The summed E-state index contributed by atoms with van der Waals surface area (Å²) in [4.78, 5) is 58.3. The Morgan fingerprint density at radius 2 is 1.82 bits per heavy atom. The van der Waals surface area contributed by atoms with E-state index in [1.165, 1.54) is 0 Å². The lowest BCUT2D eigenvalue weighted by atomic mass is 9.77. The van der Waals surface area contributed by atoms with E-state index in [1.54, 1.807) is 11.8 Å².